The van der Waals surface area contributed by atoms with E-state index in [-0.39, 0.29) is 0 Å². The maximum atomic E-state index is 2.19. The Labute approximate surface area is 48.4 Å². The first-order valence-electron chi connectivity index (χ1n) is 2.35. The molecule has 40 valence electrons. The lowest BCUT2D eigenvalue weighted by Crippen LogP contribution is -2.14. The first kappa shape index (κ1) is 5.04. The summed E-state index contributed by atoms with van der Waals surface area (Å²) >= 11 is 1.85. The molecule has 0 saturated carbocycles. The fourth-order valence-corrected chi connectivity index (χ4v) is 1.21. The third kappa shape index (κ3) is 0.911. The zero-order chi connectivity index (χ0) is 5.28. The topological polar surface area (TPSA) is 3.24 Å². The van der Waals surface area contributed by atoms with Crippen LogP contribution in [0.1, 0.15) is 6.92 Å². The molecule has 0 spiro atoms. The van der Waals surface area contributed by atoms with Crippen LogP contribution in [-0.4, -0.2) is 17.3 Å². The van der Waals surface area contributed by atoms with Crippen molar-refractivity contribution < 1.29 is 0 Å². The Morgan fingerprint density at radius 3 is 2.57 bits per heavy atom. The molecule has 2 heteroatoms. The van der Waals surface area contributed by atoms with Gasteiger partial charge in [-0.2, -0.15) is 0 Å². The summed E-state index contributed by atoms with van der Waals surface area (Å²) in [6.45, 7) is 2.19. The molecule has 1 rings (SSSR count). The second-order valence-electron chi connectivity index (χ2n) is 1.69. The van der Waals surface area contributed by atoms with Gasteiger partial charge in [0.2, 0.25) is 0 Å². The number of nitrogens with zero attached hydrogens (tertiary/aromatic N) is 1. The zero-order valence-corrected chi connectivity index (χ0v) is 5.40. The van der Waals surface area contributed by atoms with E-state index in [1.54, 1.807) is 0 Å². The van der Waals surface area contributed by atoms with Crippen molar-refractivity contribution in [3.05, 3.63) is 11.6 Å². The summed E-state index contributed by atoms with van der Waals surface area (Å²) in [5.74, 6) is 0. The maximum absolute atomic E-state index is 2.19. The molecule has 7 heavy (non-hydrogen) atoms. The van der Waals surface area contributed by atoms with E-state index >= 15 is 0 Å². The normalized spacial score (nSPS) is 29.4. The molecule has 1 aliphatic rings. The van der Waals surface area contributed by atoms with E-state index in [4.69, 9.17) is 0 Å². The SMILES string of the molecule is CC1SC=CN1C. The van der Waals surface area contributed by atoms with E-state index in [9.17, 15) is 0 Å². The molecule has 0 aromatic rings. The fourth-order valence-electron chi connectivity index (χ4n) is 0.462. The van der Waals surface area contributed by atoms with Crippen molar-refractivity contribution in [2.24, 2.45) is 0 Å². The predicted molar refractivity (Wildman–Crippen MR) is 34.0 cm³/mol. The smallest absolute Gasteiger partial charge is 0.0754 e. The van der Waals surface area contributed by atoms with Crippen LogP contribution in [-0.2, 0) is 0 Å². The summed E-state index contributed by atoms with van der Waals surface area (Å²) < 4.78 is 0. The summed E-state index contributed by atoms with van der Waals surface area (Å²) in [5, 5.41) is 2.77. The highest BCUT2D eigenvalue weighted by atomic mass is 32.2. The number of rotatable bonds is 0. The number of hydrogen-bond donors (Lipinski definition) is 0. The van der Waals surface area contributed by atoms with Gasteiger partial charge in [0.25, 0.3) is 0 Å². The molecule has 1 unspecified atom stereocenters. The van der Waals surface area contributed by atoms with E-state index < -0.39 is 0 Å². The maximum Gasteiger partial charge on any atom is 0.0754 e. The highest BCUT2D eigenvalue weighted by Crippen LogP contribution is 2.21. The van der Waals surface area contributed by atoms with Gasteiger partial charge in [-0.25, -0.2) is 0 Å². The average molecular weight is 115 g/mol. The highest BCUT2D eigenvalue weighted by molar-refractivity contribution is 8.02. The van der Waals surface area contributed by atoms with Gasteiger partial charge in [0.05, 0.1) is 5.37 Å². The Bertz CT molecular complexity index is 90.1. The Balaban J connectivity index is 2.45. The van der Waals surface area contributed by atoms with Gasteiger partial charge in [-0.1, -0.05) is 0 Å². The Morgan fingerprint density at radius 2 is 2.43 bits per heavy atom. The highest BCUT2D eigenvalue weighted by Gasteiger charge is 2.07. The minimum absolute atomic E-state index is 0.653. The summed E-state index contributed by atoms with van der Waals surface area (Å²) in [5.41, 5.74) is 0. The number of hydrogen-bond acceptors (Lipinski definition) is 2. The van der Waals surface area contributed by atoms with Crippen molar-refractivity contribution in [1.82, 2.24) is 4.90 Å². The van der Waals surface area contributed by atoms with Gasteiger partial charge in [0, 0.05) is 13.2 Å². The first-order chi connectivity index (χ1) is 3.30. The van der Waals surface area contributed by atoms with Crippen molar-refractivity contribution in [1.29, 1.82) is 0 Å². The molecule has 0 saturated heterocycles. The van der Waals surface area contributed by atoms with Crippen molar-refractivity contribution in [3.63, 3.8) is 0 Å². The molecule has 1 nitrogen and oxygen atoms in total. The first-order valence-corrected chi connectivity index (χ1v) is 3.29. The molecule has 1 heterocycles. The molecular weight excluding hydrogens is 106 g/mol. The third-order valence-corrected chi connectivity index (χ3v) is 2.15. The second kappa shape index (κ2) is 1.78. The van der Waals surface area contributed by atoms with Gasteiger partial charge in [0.1, 0.15) is 0 Å². The number of thioether (sulfide) groups is 1. The van der Waals surface area contributed by atoms with Crippen LogP contribution in [0.2, 0.25) is 0 Å². The summed E-state index contributed by atoms with van der Waals surface area (Å²) in [7, 11) is 2.08. The van der Waals surface area contributed by atoms with Gasteiger partial charge in [-0.05, 0) is 12.3 Å². The minimum atomic E-state index is 0.653. The molecule has 0 bridgehead atoms. The second-order valence-corrected chi connectivity index (χ2v) is 2.91. The van der Waals surface area contributed by atoms with Crippen LogP contribution < -0.4 is 0 Å². The minimum Gasteiger partial charge on any atom is -0.368 e. The van der Waals surface area contributed by atoms with Gasteiger partial charge >= 0.3 is 0 Å². The van der Waals surface area contributed by atoms with Crippen LogP contribution in [0.25, 0.3) is 0 Å². The molecular formula is C5H9NS. The molecule has 0 aromatic carbocycles. The van der Waals surface area contributed by atoms with Crippen molar-refractivity contribution in [2.75, 3.05) is 7.05 Å². The third-order valence-electron chi connectivity index (χ3n) is 1.15. The van der Waals surface area contributed by atoms with Crippen LogP contribution in [0.15, 0.2) is 11.6 Å². The fraction of sp³-hybridized carbons (Fsp3) is 0.600. The van der Waals surface area contributed by atoms with Crippen LogP contribution in [0, 0.1) is 0 Å². The van der Waals surface area contributed by atoms with Crippen LogP contribution in [0.3, 0.4) is 0 Å². The van der Waals surface area contributed by atoms with Crippen LogP contribution >= 0.6 is 11.8 Å². The molecule has 0 N–H and O–H groups in total. The predicted octanol–water partition coefficient (Wildman–Crippen LogP) is 1.48. The van der Waals surface area contributed by atoms with Gasteiger partial charge in [0.15, 0.2) is 0 Å². The van der Waals surface area contributed by atoms with E-state index in [0.29, 0.717) is 5.37 Å². The molecule has 1 aliphatic heterocycles. The average Bonchev–Trinajstić information content (AvgIpc) is 1.91. The zero-order valence-electron chi connectivity index (χ0n) is 4.59. The van der Waals surface area contributed by atoms with E-state index in [1.807, 2.05) is 11.8 Å². The van der Waals surface area contributed by atoms with Gasteiger partial charge in [-0.3, -0.25) is 0 Å². The van der Waals surface area contributed by atoms with Crippen LogP contribution in [0.4, 0.5) is 0 Å². The van der Waals surface area contributed by atoms with Crippen LogP contribution in [0.5, 0.6) is 0 Å². The largest absolute Gasteiger partial charge is 0.368 e. The van der Waals surface area contributed by atoms with Gasteiger partial charge < -0.3 is 4.90 Å². The van der Waals surface area contributed by atoms with E-state index in [1.165, 1.54) is 0 Å². The lowest BCUT2D eigenvalue weighted by molar-refractivity contribution is 0.460. The quantitative estimate of drug-likeness (QED) is 0.470. The lowest BCUT2D eigenvalue weighted by Gasteiger charge is -2.12. The van der Waals surface area contributed by atoms with Crippen molar-refractivity contribution in [3.8, 4) is 0 Å². The van der Waals surface area contributed by atoms with E-state index in [2.05, 4.69) is 30.5 Å². The molecule has 0 aliphatic carbocycles. The lowest BCUT2D eigenvalue weighted by atomic mass is 10.6. The molecule has 0 amide bonds. The summed E-state index contributed by atoms with van der Waals surface area (Å²) in [6.07, 6.45) is 2.09. The monoisotopic (exact) mass is 115 g/mol. The Hall–Kier alpha value is -0.110. The van der Waals surface area contributed by atoms with E-state index in [0.717, 1.165) is 0 Å². The molecule has 0 radical (unpaired) electrons. The van der Waals surface area contributed by atoms with Crippen molar-refractivity contribution in [2.45, 2.75) is 12.3 Å². The molecule has 0 fully saturated rings. The summed E-state index contributed by atoms with van der Waals surface area (Å²) in [4.78, 5) is 2.19. The Morgan fingerprint density at radius 1 is 1.71 bits per heavy atom. The standard InChI is InChI=1S/C5H9NS/c1-5-6(2)3-4-7-5/h3-5H,1-2H3. The summed E-state index contributed by atoms with van der Waals surface area (Å²) in [6, 6.07) is 0. The Kier molecular flexibility index (Phi) is 1.28. The molecule has 1 atom stereocenters. The molecule has 0 aromatic heterocycles. The van der Waals surface area contributed by atoms with Gasteiger partial charge in [-0.15, -0.1) is 11.8 Å². The van der Waals surface area contributed by atoms with Crippen molar-refractivity contribution >= 4 is 11.8 Å².